The Bertz CT molecular complexity index is 882. The Morgan fingerprint density at radius 3 is 2.87 bits per heavy atom. The van der Waals surface area contributed by atoms with Crippen molar-refractivity contribution in [2.75, 3.05) is 23.3 Å². The molecule has 0 aromatic carbocycles. The van der Waals surface area contributed by atoms with E-state index >= 15 is 0 Å². The first-order chi connectivity index (χ1) is 11.1. The van der Waals surface area contributed by atoms with Crippen LogP contribution in [0.3, 0.4) is 0 Å². The number of aromatic nitrogens is 7. The monoisotopic (exact) mass is 331 g/mol. The molecule has 1 fully saturated rings. The lowest BCUT2D eigenvalue weighted by Crippen LogP contribution is -2.52. The first-order valence-corrected chi connectivity index (χ1v) is 7.80. The van der Waals surface area contributed by atoms with Crippen molar-refractivity contribution in [3.63, 3.8) is 0 Å². The number of hydrogen-bond donors (Lipinski definition) is 1. The molecule has 0 spiro atoms. The van der Waals surface area contributed by atoms with Crippen LogP contribution in [0.25, 0.3) is 11.2 Å². The van der Waals surface area contributed by atoms with Crippen molar-refractivity contribution in [3.8, 4) is 0 Å². The molecule has 0 aliphatic carbocycles. The Morgan fingerprint density at radius 2 is 2.13 bits per heavy atom. The maximum Gasteiger partial charge on any atom is 0.232 e. The van der Waals surface area contributed by atoms with Crippen molar-refractivity contribution in [2.45, 2.75) is 6.92 Å². The second-order valence-electron chi connectivity index (χ2n) is 5.30. The molecule has 1 aliphatic rings. The maximum atomic E-state index is 12.2. The van der Waals surface area contributed by atoms with E-state index in [0.717, 1.165) is 5.01 Å². The molecule has 0 unspecified atom stereocenters. The van der Waals surface area contributed by atoms with Crippen LogP contribution in [-0.4, -0.2) is 54.2 Å². The van der Waals surface area contributed by atoms with Gasteiger partial charge in [-0.15, -0.1) is 15.3 Å². The molecule has 23 heavy (non-hydrogen) atoms. The summed E-state index contributed by atoms with van der Waals surface area (Å²) >= 11 is 1.36. The van der Waals surface area contributed by atoms with Crippen LogP contribution in [0.2, 0.25) is 0 Å². The number of anilines is 2. The summed E-state index contributed by atoms with van der Waals surface area (Å²) in [6, 6.07) is 0. The van der Waals surface area contributed by atoms with Crippen molar-refractivity contribution in [2.24, 2.45) is 13.0 Å². The first-order valence-electron chi connectivity index (χ1n) is 6.98. The van der Waals surface area contributed by atoms with Gasteiger partial charge in [-0.3, -0.25) is 4.79 Å². The van der Waals surface area contributed by atoms with E-state index in [1.54, 1.807) is 11.7 Å². The molecule has 0 atom stereocenters. The fourth-order valence-corrected chi connectivity index (χ4v) is 3.04. The molecule has 0 radical (unpaired) electrons. The highest BCUT2D eigenvalue weighted by atomic mass is 32.1. The quantitative estimate of drug-likeness (QED) is 0.713. The number of fused-ring (bicyclic) bond motifs is 1. The molecule has 3 aromatic heterocycles. The van der Waals surface area contributed by atoms with Crippen LogP contribution in [0.5, 0.6) is 0 Å². The normalized spacial score (nSPS) is 15.0. The zero-order valence-corrected chi connectivity index (χ0v) is 13.3. The van der Waals surface area contributed by atoms with Crippen LogP contribution in [0.15, 0.2) is 6.33 Å². The predicted molar refractivity (Wildman–Crippen MR) is 83.1 cm³/mol. The van der Waals surface area contributed by atoms with Crippen molar-refractivity contribution >= 4 is 39.4 Å². The van der Waals surface area contributed by atoms with Crippen molar-refractivity contribution in [1.29, 1.82) is 0 Å². The SMILES string of the molecule is Cc1nnc(NC(=O)C2CN(c3ncnc4c3nnn4C)C2)s1. The Kier molecular flexibility index (Phi) is 3.15. The molecular weight excluding hydrogens is 318 g/mol. The highest BCUT2D eigenvalue weighted by Gasteiger charge is 2.35. The number of carbonyl (C=O) groups is 1. The lowest BCUT2D eigenvalue weighted by Gasteiger charge is -2.38. The van der Waals surface area contributed by atoms with E-state index in [2.05, 4.69) is 35.8 Å². The number of nitrogens with zero attached hydrogens (tertiary/aromatic N) is 8. The smallest absolute Gasteiger partial charge is 0.232 e. The Morgan fingerprint density at radius 1 is 1.30 bits per heavy atom. The molecule has 0 saturated carbocycles. The molecule has 11 heteroatoms. The highest BCUT2D eigenvalue weighted by Crippen LogP contribution is 2.28. The summed E-state index contributed by atoms with van der Waals surface area (Å²) in [6.07, 6.45) is 1.48. The molecule has 0 bridgehead atoms. The van der Waals surface area contributed by atoms with Crippen LogP contribution >= 0.6 is 11.3 Å². The third kappa shape index (κ3) is 2.38. The standard InChI is InChI=1S/C12H13N9OS/c1-6-16-18-12(23-6)15-11(22)7-3-21(4-7)10-8-9(13-5-14-10)20(2)19-17-8/h5,7H,3-4H2,1-2H3,(H,15,18,22). The number of nitrogens with one attached hydrogen (secondary N) is 1. The topological polar surface area (TPSA) is 115 Å². The summed E-state index contributed by atoms with van der Waals surface area (Å²) in [5, 5.41) is 20.0. The summed E-state index contributed by atoms with van der Waals surface area (Å²) in [7, 11) is 1.78. The lowest BCUT2D eigenvalue weighted by atomic mass is 9.99. The number of amides is 1. The van der Waals surface area contributed by atoms with Gasteiger partial charge in [-0.1, -0.05) is 16.6 Å². The van der Waals surface area contributed by atoms with Crippen LogP contribution in [-0.2, 0) is 11.8 Å². The fourth-order valence-electron chi connectivity index (χ4n) is 2.44. The third-order valence-corrected chi connectivity index (χ3v) is 4.43. The lowest BCUT2D eigenvalue weighted by molar-refractivity contribution is -0.120. The molecule has 4 rings (SSSR count). The van der Waals surface area contributed by atoms with E-state index < -0.39 is 0 Å². The molecule has 4 heterocycles. The van der Waals surface area contributed by atoms with Gasteiger partial charge >= 0.3 is 0 Å². The van der Waals surface area contributed by atoms with Gasteiger partial charge < -0.3 is 10.2 Å². The van der Waals surface area contributed by atoms with Gasteiger partial charge in [-0.25, -0.2) is 14.6 Å². The van der Waals surface area contributed by atoms with E-state index in [1.807, 2.05) is 11.8 Å². The second-order valence-corrected chi connectivity index (χ2v) is 6.48. The summed E-state index contributed by atoms with van der Waals surface area (Å²) in [5.41, 5.74) is 1.32. The summed E-state index contributed by atoms with van der Waals surface area (Å²) in [6.45, 7) is 3.00. The molecule has 3 aromatic rings. The summed E-state index contributed by atoms with van der Waals surface area (Å²) in [4.78, 5) is 22.6. The van der Waals surface area contributed by atoms with Gasteiger partial charge in [0.05, 0.1) is 5.92 Å². The largest absolute Gasteiger partial charge is 0.353 e. The van der Waals surface area contributed by atoms with Crippen molar-refractivity contribution in [3.05, 3.63) is 11.3 Å². The average Bonchev–Trinajstić information content (AvgIpc) is 3.05. The number of hydrogen-bond acceptors (Lipinski definition) is 9. The van der Waals surface area contributed by atoms with Gasteiger partial charge in [0.2, 0.25) is 11.0 Å². The van der Waals surface area contributed by atoms with E-state index in [1.165, 1.54) is 17.7 Å². The van der Waals surface area contributed by atoms with E-state index in [9.17, 15) is 4.79 Å². The van der Waals surface area contributed by atoms with E-state index in [0.29, 0.717) is 35.2 Å². The van der Waals surface area contributed by atoms with E-state index in [-0.39, 0.29) is 11.8 Å². The number of carbonyl (C=O) groups excluding carboxylic acids is 1. The number of aryl methyl sites for hydroxylation is 2. The second kappa shape index (κ2) is 5.19. The number of rotatable bonds is 3. The van der Waals surface area contributed by atoms with Crippen LogP contribution < -0.4 is 10.2 Å². The van der Waals surface area contributed by atoms with E-state index in [4.69, 9.17) is 0 Å². The minimum atomic E-state index is -0.110. The van der Waals surface area contributed by atoms with Gasteiger partial charge in [-0.05, 0) is 6.92 Å². The van der Waals surface area contributed by atoms with Crippen molar-refractivity contribution < 1.29 is 4.79 Å². The summed E-state index contributed by atoms with van der Waals surface area (Å²) in [5.74, 6) is 0.543. The van der Waals surface area contributed by atoms with Crippen LogP contribution in [0, 0.1) is 12.8 Å². The zero-order chi connectivity index (χ0) is 16.0. The minimum absolute atomic E-state index is 0.0538. The summed E-state index contributed by atoms with van der Waals surface area (Å²) < 4.78 is 1.60. The van der Waals surface area contributed by atoms with Gasteiger partial charge in [0, 0.05) is 20.1 Å². The van der Waals surface area contributed by atoms with Gasteiger partial charge in [0.1, 0.15) is 11.3 Å². The minimum Gasteiger partial charge on any atom is -0.353 e. The molecule has 10 nitrogen and oxygen atoms in total. The van der Waals surface area contributed by atoms with Crippen LogP contribution in [0.4, 0.5) is 10.9 Å². The highest BCUT2D eigenvalue weighted by molar-refractivity contribution is 7.15. The molecule has 1 saturated heterocycles. The molecule has 1 aliphatic heterocycles. The third-order valence-electron chi connectivity index (χ3n) is 3.68. The Hall–Kier alpha value is -2.69. The van der Waals surface area contributed by atoms with Crippen molar-refractivity contribution in [1.82, 2.24) is 35.2 Å². The van der Waals surface area contributed by atoms with Gasteiger partial charge in [0.15, 0.2) is 17.0 Å². The fraction of sp³-hybridized carbons (Fsp3) is 0.417. The zero-order valence-electron chi connectivity index (χ0n) is 12.5. The van der Waals surface area contributed by atoms with Gasteiger partial charge in [-0.2, -0.15) is 0 Å². The molecular formula is C12H13N9OS. The first kappa shape index (κ1) is 13.9. The maximum absolute atomic E-state index is 12.2. The van der Waals surface area contributed by atoms with Gasteiger partial charge in [0.25, 0.3) is 0 Å². The molecule has 118 valence electrons. The Balaban J connectivity index is 1.45. The molecule has 1 N–H and O–H groups in total. The predicted octanol–water partition coefficient (Wildman–Crippen LogP) is -0.00688. The van der Waals surface area contributed by atoms with Crippen LogP contribution in [0.1, 0.15) is 5.01 Å². The average molecular weight is 331 g/mol. The Labute approximate surface area is 134 Å². The molecule has 1 amide bonds.